The molecule has 1 aromatic carbocycles. The summed E-state index contributed by atoms with van der Waals surface area (Å²) in [6.45, 7) is 1.22. The van der Waals surface area contributed by atoms with E-state index in [-0.39, 0.29) is 5.56 Å². The van der Waals surface area contributed by atoms with Gasteiger partial charge in [0.1, 0.15) is 0 Å². The van der Waals surface area contributed by atoms with Gasteiger partial charge < -0.3 is 10.4 Å². The van der Waals surface area contributed by atoms with Crippen LogP contribution in [0.1, 0.15) is 22.3 Å². The number of carbonyl (C=O) groups is 1. The summed E-state index contributed by atoms with van der Waals surface area (Å²) in [7, 11) is 0. The topological polar surface area (TPSA) is 62.2 Å². The van der Waals surface area contributed by atoms with Crippen molar-refractivity contribution in [3.8, 4) is 0 Å². The fraction of sp³-hybridized carbons (Fsp3) is 0.200. The van der Waals surface area contributed by atoms with Gasteiger partial charge in [0.2, 0.25) is 5.91 Å². The van der Waals surface area contributed by atoms with Crippen molar-refractivity contribution in [1.82, 2.24) is 10.3 Å². The lowest BCUT2D eigenvalue weighted by atomic mass is 10.1. The number of carbonyl (C=O) groups excluding carboxylic acids is 1. The molecule has 2 aromatic rings. The summed E-state index contributed by atoms with van der Waals surface area (Å²) in [4.78, 5) is 15.9. The first-order valence-corrected chi connectivity index (χ1v) is 7.44. The monoisotopic (exact) mass is 342 g/mol. The van der Waals surface area contributed by atoms with Crippen LogP contribution in [0.3, 0.4) is 0 Å². The Morgan fingerprint density at radius 3 is 2.57 bits per heavy atom. The van der Waals surface area contributed by atoms with Crippen LogP contribution in [0.2, 0.25) is 0 Å². The number of aromatic nitrogens is 1. The molecule has 0 spiro atoms. The smallest absolute Gasteiger partial charge is 0.244 e. The number of aliphatic hydroxyl groups excluding tert-OH is 1. The van der Waals surface area contributed by atoms with Crippen molar-refractivity contribution < 1.29 is 23.1 Å². The lowest BCUT2D eigenvalue weighted by Crippen LogP contribution is -2.29. The van der Waals surface area contributed by atoms with E-state index >= 15 is 0 Å². The normalized spacial score (nSPS) is 12.6. The first-order valence-electron chi connectivity index (χ1n) is 6.56. The second-order valence-corrected chi connectivity index (χ2v) is 5.73. The molecule has 0 saturated carbocycles. The largest absolute Gasteiger partial charge is 0.394 e. The third-order valence-electron chi connectivity index (χ3n) is 2.95. The van der Waals surface area contributed by atoms with Crippen LogP contribution in [0.15, 0.2) is 23.6 Å². The van der Waals surface area contributed by atoms with Gasteiger partial charge in [0.25, 0.3) is 0 Å². The van der Waals surface area contributed by atoms with Crippen molar-refractivity contribution in [1.29, 1.82) is 0 Å². The van der Waals surface area contributed by atoms with Crippen molar-refractivity contribution in [3.05, 3.63) is 57.3 Å². The maximum absolute atomic E-state index is 13.2. The minimum Gasteiger partial charge on any atom is -0.394 e. The highest BCUT2D eigenvalue weighted by atomic mass is 32.1. The molecule has 2 rings (SSSR count). The first-order chi connectivity index (χ1) is 10.9. The van der Waals surface area contributed by atoms with Crippen molar-refractivity contribution in [2.75, 3.05) is 6.61 Å². The Morgan fingerprint density at radius 2 is 2.04 bits per heavy atom. The van der Waals surface area contributed by atoms with Crippen LogP contribution in [0, 0.1) is 24.4 Å². The second-order valence-electron chi connectivity index (χ2n) is 4.67. The van der Waals surface area contributed by atoms with Crippen molar-refractivity contribution >= 4 is 23.3 Å². The second kappa shape index (κ2) is 7.38. The van der Waals surface area contributed by atoms with Gasteiger partial charge in [0.05, 0.1) is 23.4 Å². The van der Waals surface area contributed by atoms with Crippen LogP contribution in [0.4, 0.5) is 13.2 Å². The number of rotatable bonds is 5. The Labute approximate surface area is 134 Å². The van der Waals surface area contributed by atoms with Crippen LogP contribution in [-0.2, 0) is 4.79 Å². The van der Waals surface area contributed by atoms with Gasteiger partial charge in [-0.25, -0.2) is 18.2 Å². The van der Waals surface area contributed by atoms with E-state index in [4.69, 9.17) is 0 Å². The highest BCUT2D eigenvalue weighted by Crippen LogP contribution is 2.19. The molecule has 0 saturated heterocycles. The third-order valence-corrected chi connectivity index (χ3v) is 3.74. The molecule has 4 nitrogen and oxygen atoms in total. The van der Waals surface area contributed by atoms with Gasteiger partial charge in [-0.15, -0.1) is 11.3 Å². The molecule has 0 bridgehead atoms. The third kappa shape index (κ3) is 4.40. The highest BCUT2D eigenvalue weighted by molar-refractivity contribution is 7.09. The molecule has 1 atom stereocenters. The zero-order valence-electron chi connectivity index (χ0n) is 12.0. The van der Waals surface area contributed by atoms with Gasteiger partial charge >= 0.3 is 0 Å². The lowest BCUT2D eigenvalue weighted by Gasteiger charge is -2.16. The average molecular weight is 342 g/mol. The van der Waals surface area contributed by atoms with Crippen LogP contribution in [0.25, 0.3) is 6.08 Å². The molecule has 8 heteroatoms. The number of nitrogens with one attached hydrogen (secondary N) is 1. The molecule has 122 valence electrons. The molecule has 1 unspecified atom stereocenters. The quantitative estimate of drug-likeness (QED) is 0.649. The minimum absolute atomic E-state index is 0.0739. The van der Waals surface area contributed by atoms with Gasteiger partial charge in [-0.3, -0.25) is 4.79 Å². The predicted octanol–water partition coefficient (Wildman–Crippen LogP) is 2.73. The Bertz CT molecular complexity index is 723. The molecule has 1 aromatic heterocycles. The Hall–Kier alpha value is -2.19. The molecule has 1 amide bonds. The number of nitrogens with zero attached hydrogens (tertiary/aromatic N) is 1. The molecular formula is C15H13F3N2O2S. The van der Waals surface area contributed by atoms with E-state index < -0.39 is 36.0 Å². The summed E-state index contributed by atoms with van der Waals surface area (Å²) >= 11 is 1.42. The average Bonchev–Trinajstić information content (AvgIpc) is 2.93. The van der Waals surface area contributed by atoms with E-state index in [1.807, 2.05) is 6.92 Å². The summed E-state index contributed by atoms with van der Waals surface area (Å²) in [6.07, 6.45) is 2.66. The Morgan fingerprint density at radius 1 is 1.39 bits per heavy atom. The standard InChI is InChI=1S/C15H13F3N2O2S/c1-8-19-10(7-23-8)2-3-14(22)20-13(6-21)9-4-11(16)15(18)12(17)5-9/h2-5,7,13,21H,6H2,1H3,(H,20,22)/b3-2+. The zero-order valence-corrected chi connectivity index (χ0v) is 12.8. The molecule has 23 heavy (non-hydrogen) atoms. The number of halogens is 3. The highest BCUT2D eigenvalue weighted by Gasteiger charge is 2.18. The van der Waals surface area contributed by atoms with Crippen LogP contribution in [0.5, 0.6) is 0 Å². The number of benzene rings is 1. The molecule has 0 aliphatic rings. The maximum atomic E-state index is 13.2. The van der Waals surface area contributed by atoms with E-state index in [2.05, 4.69) is 10.3 Å². The van der Waals surface area contributed by atoms with E-state index in [9.17, 15) is 23.1 Å². The van der Waals surface area contributed by atoms with Gasteiger partial charge in [0, 0.05) is 11.5 Å². The summed E-state index contributed by atoms with van der Waals surface area (Å²) in [5.41, 5.74) is 0.525. The van der Waals surface area contributed by atoms with Crippen molar-refractivity contribution in [2.45, 2.75) is 13.0 Å². The number of amides is 1. The fourth-order valence-electron chi connectivity index (χ4n) is 1.85. The fourth-order valence-corrected chi connectivity index (χ4v) is 2.43. The van der Waals surface area contributed by atoms with Gasteiger partial charge in [0.15, 0.2) is 17.5 Å². The summed E-state index contributed by atoms with van der Waals surface area (Å²) < 4.78 is 39.4. The molecule has 0 aliphatic heterocycles. The minimum atomic E-state index is -1.60. The Balaban J connectivity index is 2.10. The molecule has 1 heterocycles. The lowest BCUT2D eigenvalue weighted by molar-refractivity contribution is -0.117. The maximum Gasteiger partial charge on any atom is 0.244 e. The number of aryl methyl sites for hydroxylation is 1. The zero-order chi connectivity index (χ0) is 17.0. The Kier molecular flexibility index (Phi) is 5.51. The van der Waals surface area contributed by atoms with Crippen molar-refractivity contribution in [3.63, 3.8) is 0 Å². The first kappa shape index (κ1) is 17.2. The number of hydrogen-bond donors (Lipinski definition) is 2. The van der Waals surface area contributed by atoms with Crippen LogP contribution in [-0.4, -0.2) is 22.6 Å². The van der Waals surface area contributed by atoms with E-state index in [1.165, 1.54) is 23.5 Å². The molecule has 2 N–H and O–H groups in total. The molecule has 0 fully saturated rings. The van der Waals surface area contributed by atoms with E-state index in [1.54, 1.807) is 5.38 Å². The van der Waals surface area contributed by atoms with Gasteiger partial charge in [-0.1, -0.05) is 0 Å². The van der Waals surface area contributed by atoms with Gasteiger partial charge in [-0.05, 0) is 30.7 Å². The van der Waals surface area contributed by atoms with E-state index in [0.717, 1.165) is 17.1 Å². The number of thiazole rings is 1. The SMILES string of the molecule is Cc1nc(/C=C/C(=O)NC(CO)c2cc(F)c(F)c(F)c2)cs1. The van der Waals surface area contributed by atoms with Gasteiger partial charge in [-0.2, -0.15) is 0 Å². The summed E-state index contributed by atoms with van der Waals surface area (Å²) in [5.74, 6) is -4.96. The molecule has 0 radical (unpaired) electrons. The number of aliphatic hydroxyl groups is 1. The van der Waals surface area contributed by atoms with E-state index in [0.29, 0.717) is 5.69 Å². The molecule has 0 aliphatic carbocycles. The predicted molar refractivity (Wildman–Crippen MR) is 80.2 cm³/mol. The van der Waals surface area contributed by atoms with Crippen LogP contribution >= 0.6 is 11.3 Å². The summed E-state index contributed by atoms with van der Waals surface area (Å²) in [6, 6.07) is 0.397. The number of hydrogen-bond acceptors (Lipinski definition) is 4. The summed E-state index contributed by atoms with van der Waals surface area (Å²) in [5, 5.41) is 14.3. The molecular weight excluding hydrogens is 329 g/mol. The van der Waals surface area contributed by atoms with Crippen LogP contribution < -0.4 is 5.32 Å². The van der Waals surface area contributed by atoms with Crippen molar-refractivity contribution in [2.24, 2.45) is 0 Å².